The van der Waals surface area contributed by atoms with Gasteiger partial charge in [0.15, 0.2) is 5.69 Å². The lowest BCUT2D eigenvalue weighted by molar-refractivity contribution is 0.0489. The third kappa shape index (κ3) is 5.82. The Morgan fingerprint density at radius 3 is 2.39 bits per heavy atom. The minimum Gasteiger partial charge on any atom is -0.461 e. The Morgan fingerprint density at radius 1 is 1.30 bits per heavy atom. The second-order valence-electron chi connectivity index (χ2n) is 6.55. The highest BCUT2D eigenvalue weighted by Gasteiger charge is 2.27. The standard InChI is InChI=1S/C16H26N2O4S/c1-8-21-14(19)12-10(4)23-13(17-12)11(9(2)3)18-15(20)22-16(5,6)7/h9,11H,8H2,1-7H3,(H,18,20)/t11-/m0/s1. The fourth-order valence-electron chi connectivity index (χ4n) is 1.89. The zero-order valence-electron chi connectivity index (χ0n) is 14.9. The number of ether oxygens (including phenoxy) is 2. The Balaban J connectivity index is 2.96. The van der Waals surface area contributed by atoms with E-state index < -0.39 is 17.7 Å². The number of amides is 1. The maximum Gasteiger partial charge on any atom is 0.408 e. The van der Waals surface area contributed by atoms with E-state index in [9.17, 15) is 9.59 Å². The van der Waals surface area contributed by atoms with E-state index in [0.29, 0.717) is 17.3 Å². The van der Waals surface area contributed by atoms with E-state index in [4.69, 9.17) is 9.47 Å². The Bertz CT molecular complexity index is 561. The first kappa shape index (κ1) is 19.4. The van der Waals surface area contributed by atoms with Gasteiger partial charge in [-0.25, -0.2) is 14.6 Å². The van der Waals surface area contributed by atoms with Crippen molar-refractivity contribution in [3.8, 4) is 0 Å². The average Bonchev–Trinajstić information content (AvgIpc) is 2.75. The van der Waals surface area contributed by atoms with Crippen molar-refractivity contribution in [1.82, 2.24) is 10.3 Å². The van der Waals surface area contributed by atoms with Gasteiger partial charge in [-0.15, -0.1) is 11.3 Å². The van der Waals surface area contributed by atoms with Crippen LogP contribution in [0.15, 0.2) is 0 Å². The first-order valence-corrected chi connectivity index (χ1v) is 8.50. The number of thiazole rings is 1. The van der Waals surface area contributed by atoms with Gasteiger partial charge in [-0.05, 0) is 40.5 Å². The highest BCUT2D eigenvalue weighted by atomic mass is 32.1. The molecular formula is C16H26N2O4S. The molecular weight excluding hydrogens is 316 g/mol. The zero-order chi connectivity index (χ0) is 17.8. The number of hydrogen-bond acceptors (Lipinski definition) is 6. The lowest BCUT2D eigenvalue weighted by Gasteiger charge is -2.24. The van der Waals surface area contributed by atoms with Crippen LogP contribution in [0.25, 0.3) is 0 Å². The van der Waals surface area contributed by atoms with Crippen LogP contribution < -0.4 is 5.32 Å². The normalized spacial score (nSPS) is 12.9. The molecule has 1 heterocycles. The molecule has 0 spiro atoms. The molecule has 0 aliphatic rings. The van der Waals surface area contributed by atoms with Gasteiger partial charge in [-0.3, -0.25) is 0 Å². The number of rotatable bonds is 5. The number of nitrogens with one attached hydrogen (secondary N) is 1. The largest absolute Gasteiger partial charge is 0.461 e. The highest BCUT2D eigenvalue weighted by molar-refractivity contribution is 7.12. The van der Waals surface area contributed by atoms with Crippen LogP contribution in [0.4, 0.5) is 4.79 Å². The second-order valence-corrected chi connectivity index (χ2v) is 7.78. The van der Waals surface area contributed by atoms with Crippen LogP contribution in [0.1, 0.15) is 68.0 Å². The lowest BCUT2D eigenvalue weighted by atomic mass is 10.1. The summed E-state index contributed by atoms with van der Waals surface area (Å²) < 4.78 is 10.3. The minimum absolute atomic E-state index is 0.100. The summed E-state index contributed by atoms with van der Waals surface area (Å²) in [5, 5.41) is 3.51. The number of aryl methyl sites for hydroxylation is 1. The molecule has 6 nitrogen and oxygen atoms in total. The first-order chi connectivity index (χ1) is 10.5. The number of carbonyl (C=O) groups excluding carboxylic acids is 2. The molecule has 1 N–H and O–H groups in total. The predicted octanol–water partition coefficient (Wildman–Crippen LogP) is 3.85. The Hall–Kier alpha value is -1.63. The molecule has 1 amide bonds. The lowest BCUT2D eigenvalue weighted by Crippen LogP contribution is -2.36. The van der Waals surface area contributed by atoms with Crippen LogP contribution in [0, 0.1) is 12.8 Å². The Kier molecular flexibility index (Phi) is 6.56. The summed E-state index contributed by atoms with van der Waals surface area (Å²) in [6.45, 7) is 13.2. The van der Waals surface area contributed by atoms with Crippen molar-refractivity contribution in [1.29, 1.82) is 0 Å². The number of alkyl carbamates (subject to hydrolysis) is 1. The molecule has 1 atom stereocenters. The summed E-state index contributed by atoms with van der Waals surface area (Å²) in [6, 6.07) is -0.322. The maximum atomic E-state index is 12.0. The molecule has 1 rings (SSSR count). The molecule has 23 heavy (non-hydrogen) atoms. The molecule has 7 heteroatoms. The van der Waals surface area contributed by atoms with E-state index in [2.05, 4.69) is 10.3 Å². The smallest absolute Gasteiger partial charge is 0.408 e. The third-order valence-electron chi connectivity index (χ3n) is 2.89. The summed E-state index contributed by atoms with van der Waals surface area (Å²) in [5.41, 5.74) is -0.260. The summed E-state index contributed by atoms with van der Waals surface area (Å²) in [4.78, 5) is 29.1. The third-order valence-corrected chi connectivity index (χ3v) is 3.94. The predicted molar refractivity (Wildman–Crippen MR) is 89.8 cm³/mol. The number of carbonyl (C=O) groups is 2. The Morgan fingerprint density at radius 2 is 1.91 bits per heavy atom. The molecule has 1 aromatic heterocycles. The minimum atomic E-state index is -0.569. The van der Waals surface area contributed by atoms with Gasteiger partial charge in [0.2, 0.25) is 0 Å². The van der Waals surface area contributed by atoms with E-state index in [0.717, 1.165) is 4.88 Å². The van der Waals surface area contributed by atoms with E-state index in [1.54, 1.807) is 6.92 Å². The van der Waals surface area contributed by atoms with Crippen LogP contribution in [-0.2, 0) is 9.47 Å². The summed E-state index contributed by atoms with van der Waals surface area (Å²) >= 11 is 1.38. The molecule has 0 radical (unpaired) electrons. The van der Waals surface area contributed by atoms with Gasteiger partial charge < -0.3 is 14.8 Å². The summed E-state index contributed by atoms with van der Waals surface area (Å²) in [6.07, 6.45) is -0.498. The van der Waals surface area contributed by atoms with E-state index in [1.807, 2.05) is 41.5 Å². The van der Waals surface area contributed by atoms with Crippen molar-refractivity contribution in [3.63, 3.8) is 0 Å². The van der Waals surface area contributed by atoms with Crippen molar-refractivity contribution in [2.75, 3.05) is 6.61 Å². The fraction of sp³-hybridized carbons (Fsp3) is 0.688. The summed E-state index contributed by atoms with van der Waals surface area (Å²) in [5.74, 6) is -0.338. The zero-order valence-corrected chi connectivity index (χ0v) is 15.7. The molecule has 0 unspecified atom stereocenters. The van der Waals surface area contributed by atoms with Crippen LogP contribution >= 0.6 is 11.3 Å². The topological polar surface area (TPSA) is 77.5 Å². The van der Waals surface area contributed by atoms with E-state index in [-0.39, 0.29) is 12.0 Å². The molecule has 0 saturated heterocycles. The van der Waals surface area contributed by atoms with Crippen molar-refractivity contribution >= 4 is 23.4 Å². The summed E-state index contributed by atoms with van der Waals surface area (Å²) in [7, 11) is 0. The van der Waals surface area contributed by atoms with E-state index in [1.165, 1.54) is 11.3 Å². The number of esters is 1. The van der Waals surface area contributed by atoms with Gasteiger partial charge in [0.05, 0.1) is 12.6 Å². The van der Waals surface area contributed by atoms with Crippen LogP contribution in [-0.4, -0.2) is 29.3 Å². The molecule has 0 bridgehead atoms. The van der Waals surface area contributed by atoms with E-state index >= 15 is 0 Å². The van der Waals surface area contributed by atoms with Crippen molar-refractivity contribution < 1.29 is 19.1 Å². The number of hydrogen-bond donors (Lipinski definition) is 1. The highest BCUT2D eigenvalue weighted by Crippen LogP contribution is 2.29. The molecule has 0 aliphatic heterocycles. The monoisotopic (exact) mass is 342 g/mol. The fourth-order valence-corrected chi connectivity index (χ4v) is 3.02. The second kappa shape index (κ2) is 7.77. The van der Waals surface area contributed by atoms with Gasteiger partial charge in [0, 0.05) is 4.88 Å². The SMILES string of the molecule is CCOC(=O)c1nc([C@@H](NC(=O)OC(C)(C)C)C(C)C)sc1C. The van der Waals surface area contributed by atoms with Crippen LogP contribution in [0.3, 0.4) is 0 Å². The van der Waals surface area contributed by atoms with Crippen molar-refractivity contribution in [2.24, 2.45) is 5.92 Å². The first-order valence-electron chi connectivity index (χ1n) is 7.69. The number of aromatic nitrogens is 1. The van der Waals surface area contributed by atoms with Gasteiger partial charge in [0.1, 0.15) is 10.6 Å². The Labute approximate surface area is 141 Å². The van der Waals surface area contributed by atoms with Crippen LogP contribution in [0.5, 0.6) is 0 Å². The van der Waals surface area contributed by atoms with Gasteiger partial charge in [0.25, 0.3) is 0 Å². The quantitative estimate of drug-likeness (QED) is 0.822. The van der Waals surface area contributed by atoms with Crippen molar-refractivity contribution in [3.05, 3.63) is 15.6 Å². The van der Waals surface area contributed by atoms with Gasteiger partial charge in [-0.2, -0.15) is 0 Å². The van der Waals surface area contributed by atoms with Crippen molar-refractivity contribution in [2.45, 2.75) is 60.1 Å². The molecule has 0 fully saturated rings. The molecule has 0 aromatic carbocycles. The molecule has 0 aliphatic carbocycles. The maximum absolute atomic E-state index is 12.0. The molecule has 130 valence electrons. The molecule has 1 aromatic rings. The van der Waals surface area contributed by atoms with Gasteiger partial charge >= 0.3 is 12.1 Å². The number of nitrogens with zero attached hydrogens (tertiary/aromatic N) is 1. The average molecular weight is 342 g/mol. The molecule has 0 saturated carbocycles. The van der Waals surface area contributed by atoms with Crippen LogP contribution in [0.2, 0.25) is 0 Å². The van der Waals surface area contributed by atoms with Gasteiger partial charge in [-0.1, -0.05) is 13.8 Å².